The summed E-state index contributed by atoms with van der Waals surface area (Å²) >= 11 is 6.13. The summed E-state index contributed by atoms with van der Waals surface area (Å²) in [5, 5.41) is 12.8. The zero-order valence-electron chi connectivity index (χ0n) is 7.15. The number of aromatic hydroxyl groups is 1. The largest absolute Gasteiger partial charge is 0.506 e. The average molecular weight is 325 g/mol. The lowest BCUT2D eigenvalue weighted by Crippen LogP contribution is -2.35. The summed E-state index contributed by atoms with van der Waals surface area (Å²) in [7, 11) is 0. The minimum Gasteiger partial charge on any atom is -0.506 e. The van der Waals surface area contributed by atoms with E-state index in [0.717, 1.165) is 18.5 Å². The van der Waals surface area contributed by atoms with E-state index >= 15 is 0 Å². The van der Waals surface area contributed by atoms with E-state index in [0.29, 0.717) is 4.47 Å². The van der Waals surface area contributed by atoms with Crippen LogP contribution in [-0.2, 0) is 0 Å². The van der Waals surface area contributed by atoms with Crippen molar-refractivity contribution in [1.29, 1.82) is 0 Å². The fraction of sp³-hybridized carbons (Fsp3) is 0.333. The van der Waals surface area contributed by atoms with Crippen LogP contribution in [0.25, 0.3) is 0 Å². The molecule has 5 heteroatoms. The van der Waals surface area contributed by atoms with Gasteiger partial charge in [0.15, 0.2) is 5.82 Å². The number of halogens is 3. The highest BCUT2D eigenvalue weighted by atomic mass is 79.9. The minimum atomic E-state index is -0.467. The maximum atomic E-state index is 13.3. The first-order valence-corrected chi connectivity index (χ1v) is 5.79. The first kappa shape index (κ1) is 10.4. The number of rotatable bonds is 1. The molecule has 1 heterocycles. The molecule has 1 aromatic carbocycles. The molecule has 2 nitrogen and oxygen atoms in total. The summed E-state index contributed by atoms with van der Waals surface area (Å²) in [5.41, 5.74) is 0.733. The molecule has 14 heavy (non-hydrogen) atoms. The Bertz CT molecular complexity index is 380. The van der Waals surface area contributed by atoms with Crippen molar-refractivity contribution in [2.45, 2.75) is 12.5 Å². The SMILES string of the molecule is Oc1c(C2CCN2)cc(Br)c(F)c1Br. The van der Waals surface area contributed by atoms with Gasteiger partial charge in [-0.1, -0.05) is 0 Å². The van der Waals surface area contributed by atoms with Gasteiger partial charge < -0.3 is 10.4 Å². The Hall–Kier alpha value is -0.130. The van der Waals surface area contributed by atoms with E-state index in [9.17, 15) is 9.50 Å². The number of nitrogens with one attached hydrogen (secondary N) is 1. The molecule has 1 aliphatic rings. The second-order valence-corrected chi connectivity index (χ2v) is 4.87. The van der Waals surface area contributed by atoms with Crippen LogP contribution in [0.1, 0.15) is 18.0 Å². The van der Waals surface area contributed by atoms with Crippen LogP contribution in [0.5, 0.6) is 5.75 Å². The smallest absolute Gasteiger partial charge is 0.155 e. The molecule has 1 aromatic rings. The van der Waals surface area contributed by atoms with E-state index in [1.807, 2.05) is 0 Å². The van der Waals surface area contributed by atoms with Crippen LogP contribution in [0.3, 0.4) is 0 Å². The molecular weight excluding hydrogens is 317 g/mol. The van der Waals surface area contributed by atoms with E-state index in [1.165, 1.54) is 0 Å². The Morgan fingerprint density at radius 1 is 1.50 bits per heavy atom. The van der Waals surface area contributed by atoms with Crippen molar-refractivity contribution in [2.24, 2.45) is 0 Å². The zero-order chi connectivity index (χ0) is 10.3. The molecule has 1 unspecified atom stereocenters. The molecule has 1 saturated heterocycles. The third-order valence-electron chi connectivity index (χ3n) is 2.37. The van der Waals surface area contributed by atoms with Gasteiger partial charge >= 0.3 is 0 Å². The molecule has 76 valence electrons. The predicted octanol–water partition coefficient (Wildman–Crippen LogP) is 3.09. The molecule has 0 aromatic heterocycles. The van der Waals surface area contributed by atoms with E-state index in [4.69, 9.17) is 0 Å². The van der Waals surface area contributed by atoms with Crippen LogP contribution in [0.4, 0.5) is 4.39 Å². The second kappa shape index (κ2) is 3.79. The van der Waals surface area contributed by atoms with Crippen molar-refractivity contribution >= 4 is 31.9 Å². The molecule has 0 spiro atoms. The summed E-state index contributed by atoms with van der Waals surface area (Å²) in [6, 6.07) is 1.76. The molecule has 0 amide bonds. The van der Waals surface area contributed by atoms with Crippen molar-refractivity contribution in [3.63, 3.8) is 0 Å². The first-order valence-electron chi connectivity index (χ1n) is 4.21. The highest BCUT2D eigenvalue weighted by Crippen LogP contribution is 2.40. The molecular formula is C9H8Br2FNO. The Morgan fingerprint density at radius 2 is 2.14 bits per heavy atom. The summed E-state index contributed by atoms with van der Waals surface area (Å²) in [5.74, 6) is -0.478. The van der Waals surface area contributed by atoms with Gasteiger partial charge in [0, 0.05) is 11.6 Å². The van der Waals surface area contributed by atoms with Crippen LogP contribution in [0.15, 0.2) is 15.0 Å². The topological polar surface area (TPSA) is 32.3 Å². The maximum absolute atomic E-state index is 13.3. The van der Waals surface area contributed by atoms with Gasteiger partial charge in [-0.25, -0.2) is 4.39 Å². The fourth-order valence-electron chi connectivity index (χ4n) is 1.42. The third kappa shape index (κ3) is 1.57. The van der Waals surface area contributed by atoms with E-state index in [-0.39, 0.29) is 16.3 Å². The fourth-order valence-corrected chi connectivity index (χ4v) is 2.58. The van der Waals surface area contributed by atoms with Gasteiger partial charge in [0.25, 0.3) is 0 Å². The summed E-state index contributed by atoms with van der Waals surface area (Å²) in [6.45, 7) is 0.941. The number of hydrogen-bond acceptors (Lipinski definition) is 2. The lowest BCUT2D eigenvalue weighted by molar-refractivity contribution is 0.361. The van der Waals surface area contributed by atoms with Crippen molar-refractivity contribution in [1.82, 2.24) is 5.32 Å². The number of benzene rings is 1. The highest BCUT2D eigenvalue weighted by Gasteiger charge is 2.25. The normalized spacial score (nSPS) is 20.6. The van der Waals surface area contributed by atoms with Crippen molar-refractivity contribution in [3.05, 3.63) is 26.4 Å². The number of hydrogen-bond donors (Lipinski definition) is 2. The van der Waals surface area contributed by atoms with Gasteiger partial charge in [-0.3, -0.25) is 0 Å². The van der Waals surface area contributed by atoms with E-state index < -0.39 is 5.82 Å². The standard InChI is InChI=1S/C9H8Br2FNO/c10-5-3-4(6-1-2-13-6)9(14)7(11)8(5)12/h3,6,13-14H,1-2H2. The third-order valence-corrected chi connectivity index (χ3v) is 3.67. The predicted molar refractivity (Wildman–Crippen MR) is 58.8 cm³/mol. The second-order valence-electron chi connectivity index (χ2n) is 3.22. The zero-order valence-corrected chi connectivity index (χ0v) is 10.3. The molecule has 2 N–H and O–H groups in total. The summed E-state index contributed by atoms with van der Waals surface area (Å²) < 4.78 is 13.8. The van der Waals surface area contributed by atoms with Gasteiger partial charge in [0.1, 0.15) is 5.75 Å². The minimum absolute atomic E-state index is 0.0112. The Kier molecular flexibility index (Phi) is 2.81. The molecule has 0 aliphatic carbocycles. The molecule has 1 atom stereocenters. The number of phenolic OH excluding ortho intramolecular Hbond substituents is 1. The van der Waals surface area contributed by atoms with Crippen LogP contribution in [0.2, 0.25) is 0 Å². The van der Waals surface area contributed by atoms with Gasteiger partial charge in [-0.2, -0.15) is 0 Å². The van der Waals surface area contributed by atoms with Crippen LogP contribution >= 0.6 is 31.9 Å². The molecule has 0 radical (unpaired) electrons. The lowest BCUT2D eigenvalue weighted by atomic mass is 9.97. The van der Waals surface area contributed by atoms with Crippen LogP contribution in [0, 0.1) is 5.82 Å². The van der Waals surface area contributed by atoms with E-state index in [1.54, 1.807) is 6.07 Å². The molecule has 1 aliphatic heterocycles. The van der Waals surface area contributed by atoms with Gasteiger partial charge in [-0.05, 0) is 50.9 Å². The Morgan fingerprint density at radius 3 is 2.64 bits per heavy atom. The Labute approximate surface area is 97.8 Å². The summed E-state index contributed by atoms with van der Waals surface area (Å²) in [4.78, 5) is 0. The maximum Gasteiger partial charge on any atom is 0.155 e. The van der Waals surface area contributed by atoms with Gasteiger partial charge in [0.2, 0.25) is 0 Å². The molecule has 0 saturated carbocycles. The van der Waals surface area contributed by atoms with Crippen LogP contribution in [-0.4, -0.2) is 11.7 Å². The average Bonchev–Trinajstić information content (AvgIpc) is 2.08. The highest BCUT2D eigenvalue weighted by molar-refractivity contribution is 9.11. The first-order chi connectivity index (χ1) is 6.61. The number of phenols is 1. The van der Waals surface area contributed by atoms with Gasteiger partial charge in [-0.15, -0.1) is 0 Å². The lowest BCUT2D eigenvalue weighted by Gasteiger charge is -2.29. The quantitative estimate of drug-likeness (QED) is 0.778. The van der Waals surface area contributed by atoms with Crippen molar-refractivity contribution in [3.8, 4) is 5.75 Å². The van der Waals surface area contributed by atoms with Gasteiger partial charge in [0.05, 0.1) is 8.95 Å². The molecule has 0 bridgehead atoms. The molecule has 2 rings (SSSR count). The van der Waals surface area contributed by atoms with Crippen molar-refractivity contribution < 1.29 is 9.50 Å². The van der Waals surface area contributed by atoms with E-state index in [2.05, 4.69) is 37.2 Å². The Balaban J connectivity index is 2.49. The summed E-state index contributed by atoms with van der Waals surface area (Å²) in [6.07, 6.45) is 0.970. The van der Waals surface area contributed by atoms with Crippen molar-refractivity contribution in [2.75, 3.05) is 6.54 Å². The molecule has 1 fully saturated rings. The monoisotopic (exact) mass is 323 g/mol. The van der Waals surface area contributed by atoms with Crippen LogP contribution < -0.4 is 5.32 Å².